The number of esters is 1. The van der Waals surface area contributed by atoms with Crippen LogP contribution < -0.4 is 0 Å². The lowest BCUT2D eigenvalue weighted by molar-refractivity contribution is -0.138. The molecule has 0 bridgehead atoms. The summed E-state index contributed by atoms with van der Waals surface area (Å²) in [5, 5.41) is 0. The van der Waals surface area contributed by atoms with Gasteiger partial charge in [-0.25, -0.2) is 4.79 Å². The van der Waals surface area contributed by atoms with Gasteiger partial charge in [0.25, 0.3) is 0 Å². The van der Waals surface area contributed by atoms with Crippen molar-refractivity contribution in [3.05, 3.63) is 37.6 Å². The van der Waals surface area contributed by atoms with Crippen LogP contribution in [0.25, 0.3) is 0 Å². The smallest absolute Gasteiger partial charge is 0.330 e. The summed E-state index contributed by atoms with van der Waals surface area (Å²) < 4.78 is 23.8. The van der Waals surface area contributed by atoms with Crippen molar-refractivity contribution in [1.82, 2.24) is 0 Å². The number of carbonyl (C=O) groups excluding carboxylic acids is 1. The van der Waals surface area contributed by atoms with Crippen molar-refractivity contribution < 1.29 is 23.7 Å². The summed E-state index contributed by atoms with van der Waals surface area (Å²) in [5.41, 5.74) is -0.871. The van der Waals surface area contributed by atoms with Crippen molar-refractivity contribution in [2.75, 3.05) is 26.4 Å². The Balaban J connectivity index is 2.09. The maximum atomic E-state index is 11.4. The lowest BCUT2D eigenvalue weighted by Gasteiger charge is -2.39. The van der Waals surface area contributed by atoms with Crippen LogP contribution in [-0.2, 0) is 23.7 Å². The van der Waals surface area contributed by atoms with Crippen molar-refractivity contribution >= 4 is 5.97 Å². The maximum Gasteiger partial charge on any atom is 0.330 e. The van der Waals surface area contributed by atoms with Crippen LogP contribution in [-0.4, -0.2) is 43.6 Å². The molecule has 2 fully saturated rings. The highest BCUT2D eigenvalue weighted by Gasteiger charge is 2.38. The molecule has 0 atom stereocenters. The van der Waals surface area contributed by atoms with Crippen LogP contribution in [0, 0.1) is 23.7 Å². The summed E-state index contributed by atoms with van der Waals surface area (Å²) in [4.78, 5) is 11.4. The average molecular weight is 529 g/mol. The van der Waals surface area contributed by atoms with Gasteiger partial charge >= 0.3 is 5.97 Å². The van der Waals surface area contributed by atoms with Crippen molar-refractivity contribution in [3.63, 3.8) is 0 Å². The lowest BCUT2D eigenvalue weighted by Crippen LogP contribution is -2.40. The van der Waals surface area contributed by atoms with E-state index in [9.17, 15) is 4.79 Å². The lowest BCUT2D eigenvalue weighted by atomic mass is 9.75. The molecule has 0 N–H and O–H groups in total. The van der Waals surface area contributed by atoms with Crippen LogP contribution in [0.1, 0.15) is 104 Å². The summed E-state index contributed by atoms with van der Waals surface area (Å²) in [6, 6.07) is 0. The van der Waals surface area contributed by atoms with Gasteiger partial charge in [-0.3, -0.25) is 0 Å². The van der Waals surface area contributed by atoms with Crippen LogP contribution in [0.5, 0.6) is 0 Å². The van der Waals surface area contributed by atoms with Crippen LogP contribution in [0.15, 0.2) is 37.6 Å². The zero-order chi connectivity index (χ0) is 27.7. The normalized spacial score (nSPS) is 27.0. The van der Waals surface area contributed by atoms with Crippen molar-refractivity contribution in [3.8, 4) is 11.8 Å². The van der Waals surface area contributed by atoms with Crippen molar-refractivity contribution in [1.29, 1.82) is 0 Å². The molecule has 0 saturated heterocycles. The van der Waals surface area contributed by atoms with Crippen molar-refractivity contribution in [2.24, 2.45) is 11.8 Å². The van der Waals surface area contributed by atoms with E-state index in [1.54, 1.807) is 6.08 Å². The average Bonchev–Trinajstić information content (AvgIpc) is 2.94. The van der Waals surface area contributed by atoms with E-state index in [1.807, 2.05) is 0 Å². The predicted molar refractivity (Wildman–Crippen MR) is 155 cm³/mol. The van der Waals surface area contributed by atoms with E-state index in [0.29, 0.717) is 38.6 Å². The van der Waals surface area contributed by atoms with Gasteiger partial charge < -0.3 is 18.9 Å². The second kappa shape index (κ2) is 17.5. The molecule has 38 heavy (non-hydrogen) atoms. The first kappa shape index (κ1) is 32.2. The summed E-state index contributed by atoms with van der Waals surface area (Å²) in [6.45, 7) is 17.5. The topological polar surface area (TPSA) is 54.0 Å². The molecule has 0 aromatic carbocycles. The minimum absolute atomic E-state index is 0.332. The summed E-state index contributed by atoms with van der Waals surface area (Å²) in [7, 11) is 0. The molecule has 0 unspecified atom stereocenters. The van der Waals surface area contributed by atoms with E-state index in [1.165, 1.54) is 31.8 Å². The number of hydrogen-bond donors (Lipinski definition) is 0. The molecule has 2 saturated carbocycles. The first-order chi connectivity index (χ1) is 18.4. The second-order valence-corrected chi connectivity index (χ2v) is 11.0. The van der Waals surface area contributed by atoms with Gasteiger partial charge in [0.05, 0.1) is 26.4 Å². The molecule has 2 aliphatic rings. The predicted octanol–water partition coefficient (Wildman–Crippen LogP) is 7.71. The van der Waals surface area contributed by atoms with Crippen LogP contribution in [0.4, 0.5) is 0 Å². The van der Waals surface area contributed by atoms with Crippen LogP contribution in [0.3, 0.4) is 0 Å². The highest BCUT2D eigenvalue weighted by molar-refractivity contribution is 5.81. The molecule has 214 valence electrons. The highest BCUT2D eigenvalue weighted by atomic mass is 16.5. The Morgan fingerprint density at radius 1 is 0.763 bits per heavy atom. The Kier molecular flexibility index (Phi) is 14.9. The Labute approximate surface area is 232 Å². The standard InChI is InChI=1S/C33H52O5/c1-6-12-29-14-18-32(19-15-29,37-26-10-24-35-28(5)8-3)22-23-33(20-16-30(13-7-2)17-21-33)38-27-11-25-36-31(34)9-4/h8-9,29-30H,3-7,10-21,24-27H2,1-2H3. The number of ether oxygens (including phenoxy) is 4. The first-order valence-corrected chi connectivity index (χ1v) is 15.0. The first-order valence-electron chi connectivity index (χ1n) is 15.0. The SMILES string of the molecule is C=CC(=C)OCCCOC1(C#CC2(OCCCOC(=O)C=C)CCC(CCC)CC2)CCC(CCC)CC1. The van der Waals surface area contributed by atoms with Gasteiger partial charge in [-0.15, -0.1) is 0 Å². The fourth-order valence-corrected chi connectivity index (χ4v) is 5.67. The van der Waals surface area contributed by atoms with E-state index in [2.05, 4.69) is 45.4 Å². The minimum atomic E-state index is -0.450. The third-order valence-corrected chi connectivity index (χ3v) is 8.00. The Hall–Kier alpha value is -2.03. The quantitative estimate of drug-likeness (QED) is 0.0483. The number of allylic oxidation sites excluding steroid dienone is 1. The number of rotatable bonds is 17. The fraction of sp³-hybridized carbons (Fsp3) is 0.727. The van der Waals surface area contributed by atoms with Crippen LogP contribution in [0.2, 0.25) is 0 Å². The largest absolute Gasteiger partial charge is 0.494 e. The van der Waals surface area contributed by atoms with E-state index >= 15 is 0 Å². The van der Waals surface area contributed by atoms with Gasteiger partial charge in [-0.1, -0.05) is 71.1 Å². The van der Waals surface area contributed by atoms with E-state index in [4.69, 9.17) is 18.9 Å². The summed E-state index contributed by atoms with van der Waals surface area (Å²) >= 11 is 0. The Bertz CT molecular complexity index is 724. The molecule has 0 spiro atoms. The highest BCUT2D eigenvalue weighted by Crippen LogP contribution is 2.39. The Morgan fingerprint density at radius 3 is 1.61 bits per heavy atom. The van der Waals surface area contributed by atoms with Gasteiger partial charge in [-0.2, -0.15) is 0 Å². The third kappa shape index (κ3) is 11.4. The molecule has 0 aromatic heterocycles. The summed E-state index contributed by atoms with van der Waals surface area (Å²) in [6.07, 6.45) is 17.7. The van der Waals surface area contributed by atoms with Gasteiger partial charge in [0.15, 0.2) is 0 Å². The minimum Gasteiger partial charge on any atom is -0.494 e. The summed E-state index contributed by atoms with van der Waals surface area (Å²) in [5.74, 6) is 9.05. The zero-order valence-corrected chi connectivity index (χ0v) is 24.2. The zero-order valence-electron chi connectivity index (χ0n) is 24.2. The second-order valence-electron chi connectivity index (χ2n) is 11.0. The maximum absolute atomic E-state index is 11.4. The molecule has 2 aliphatic carbocycles. The third-order valence-electron chi connectivity index (χ3n) is 8.00. The molecule has 2 rings (SSSR count). The van der Waals surface area contributed by atoms with Gasteiger partial charge in [0, 0.05) is 18.9 Å². The molecule has 0 amide bonds. The van der Waals surface area contributed by atoms with Crippen molar-refractivity contribution in [2.45, 2.75) is 115 Å². The molecule has 5 heteroatoms. The molecule has 0 heterocycles. The molecule has 0 aromatic rings. The number of carbonyl (C=O) groups is 1. The van der Waals surface area contributed by atoms with Gasteiger partial charge in [-0.05, 0) is 69.3 Å². The number of hydrogen-bond acceptors (Lipinski definition) is 5. The van der Waals surface area contributed by atoms with Gasteiger partial charge in [0.1, 0.15) is 17.0 Å². The molecule has 5 nitrogen and oxygen atoms in total. The molecular formula is C33H52O5. The Morgan fingerprint density at radius 2 is 1.21 bits per heavy atom. The van der Waals surface area contributed by atoms with Crippen LogP contribution >= 0.6 is 0 Å². The van der Waals surface area contributed by atoms with E-state index < -0.39 is 17.2 Å². The van der Waals surface area contributed by atoms with E-state index in [0.717, 1.165) is 69.6 Å². The molecule has 0 radical (unpaired) electrons. The molecule has 0 aliphatic heterocycles. The fourth-order valence-electron chi connectivity index (χ4n) is 5.67. The monoisotopic (exact) mass is 528 g/mol. The molecular weight excluding hydrogens is 476 g/mol. The van der Waals surface area contributed by atoms with E-state index in [-0.39, 0.29) is 0 Å². The van der Waals surface area contributed by atoms with Gasteiger partial charge in [0.2, 0.25) is 0 Å².